The number of likely N-dealkylation sites (tertiary alicyclic amines) is 2. The topological polar surface area (TPSA) is 75.4 Å². The van der Waals surface area contributed by atoms with Crippen molar-refractivity contribution in [2.24, 2.45) is 5.41 Å². The molecular formula is C19H25N5O2. The number of hydrogen-bond acceptors (Lipinski definition) is 6. The van der Waals surface area contributed by atoms with Gasteiger partial charge < -0.3 is 9.42 Å². The molecule has 4 rings (SSSR count). The minimum absolute atomic E-state index is 0.0419. The summed E-state index contributed by atoms with van der Waals surface area (Å²) in [4.78, 5) is 25.8. The first kappa shape index (κ1) is 17.1. The van der Waals surface area contributed by atoms with Gasteiger partial charge in [0.05, 0.1) is 6.04 Å². The maximum Gasteiger partial charge on any atom is 0.272 e. The van der Waals surface area contributed by atoms with Crippen molar-refractivity contribution in [2.45, 2.75) is 39.2 Å². The molecule has 2 aliphatic rings. The lowest BCUT2D eigenvalue weighted by atomic mass is 9.76. The second-order valence-electron chi connectivity index (χ2n) is 7.76. The van der Waals surface area contributed by atoms with Gasteiger partial charge in [0.1, 0.15) is 5.69 Å². The van der Waals surface area contributed by atoms with Crippen molar-refractivity contribution in [3.8, 4) is 0 Å². The van der Waals surface area contributed by atoms with Gasteiger partial charge in [-0.25, -0.2) is 4.98 Å². The van der Waals surface area contributed by atoms with E-state index in [2.05, 4.69) is 27.1 Å². The monoisotopic (exact) mass is 355 g/mol. The molecule has 4 heterocycles. The maximum absolute atomic E-state index is 12.7. The number of aryl methyl sites for hydroxylation is 2. The van der Waals surface area contributed by atoms with Crippen molar-refractivity contribution >= 4 is 5.91 Å². The zero-order valence-electron chi connectivity index (χ0n) is 15.6. The van der Waals surface area contributed by atoms with E-state index in [4.69, 9.17) is 4.52 Å². The Labute approximate surface area is 153 Å². The fourth-order valence-corrected chi connectivity index (χ4v) is 4.38. The smallest absolute Gasteiger partial charge is 0.272 e. The minimum atomic E-state index is 0.0419. The Morgan fingerprint density at radius 2 is 2.00 bits per heavy atom. The first-order valence-corrected chi connectivity index (χ1v) is 9.19. The Hall–Kier alpha value is -2.28. The van der Waals surface area contributed by atoms with Crippen molar-refractivity contribution in [1.29, 1.82) is 0 Å². The van der Waals surface area contributed by atoms with Crippen LogP contribution in [0.2, 0.25) is 0 Å². The highest BCUT2D eigenvalue weighted by Crippen LogP contribution is 2.47. The average molecular weight is 355 g/mol. The highest BCUT2D eigenvalue weighted by Gasteiger charge is 2.46. The summed E-state index contributed by atoms with van der Waals surface area (Å²) in [7, 11) is 2.12. The van der Waals surface area contributed by atoms with Crippen LogP contribution in [0, 0.1) is 19.3 Å². The van der Waals surface area contributed by atoms with Crippen molar-refractivity contribution in [3.63, 3.8) is 0 Å². The zero-order chi connectivity index (χ0) is 18.3. The Balaban J connectivity index is 1.42. The summed E-state index contributed by atoms with van der Waals surface area (Å²) in [6.45, 7) is 6.30. The highest BCUT2D eigenvalue weighted by atomic mass is 16.5. The van der Waals surface area contributed by atoms with E-state index in [0.717, 1.165) is 50.4 Å². The molecule has 7 heteroatoms. The van der Waals surface area contributed by atoms with Crippen LogP contribution in [-0.2, 0) is 0 Å². The number of rotatable bonds is 2. The van der Waals surface area contributed by atoms with E-state index < -0.39 is 0 Å². The number of nitrogens with zero attached hydrogens (tertiary/aromatic N) is 5. The van der Waals surface area contributed by atoms with Crippen LogP contribution in [0.3, 0.4) is 0 Å². The van der Waals surface area contributed by atoms with Gasteiger partial charge in [-0.1, -0.05) is 11.2 Å². The first-order chi connectivity index (χ1) is 12.5. The van der Waals surface area contributed by atoms with Crippen molar-refractivity contribution in [1.82, 2.24) is 24.9 Å². The molecule has 2 aliphatic heterocycles. The predicted octanol–water partition coefficient (Wildman–Crippen LogP) is 2.38. The molecule has 0 saturated carbocycles. The molecule has 0 aliphatic carbocycles. The molecule has 0 N–H and O–H groups in total. The van der Waals surface area contributed by atoms with Crippen LogP contribution in [0.15, 0.2) is 22.7 Å². The summed E-state index contributed by atoms with van der Waals surface area (Å²) in [6.07, 6.45) is 3.03. The lowest BCUT2D eigenvalue weighted by Crippen LogP contribution is -2.44. The molecule has 0 aromatic carbocycles. The van der Waals surface area contributed by atoms with E-state index in [9.17, 15) is 4.79 Å². The molecule has 2 aromatic heterocycles. The van der Waals surface area contributed by atoms with Crippen LogP contribution in [-0.4, -0.2) is 57.5 Å². The van der Waals surface area contributed by atoms with E-state index in [1.54, 1.807) is 6.07 Å². The number of pyridine rings is 1. The fraction of sp³-hybridized carbons (Fsp3) is 0.579. The van der Waals surface area contributed by atoms with Crippen LogP contribution in [0.1, 0.15) is 53.2 Å². The van der Waals surface area contributed by atoms with E-state index in [-0.39, 0.29) is 17.4 Å². The first-order valence-electron chi connectivity index (χ1n) is 9.19. The van der Waals surface area contributed by atoms with Crippen molar-refractivity contribution in [2.75, 3.05) is 26.7 Å². The molecule has 1 amide bonds. The van der Waals surface area contributed by atoms with E-state index in [0.29, 0.717) is 11.6 Å². The summed E-state index contributed by atoms with van der Waals surface area (Å²) < 4.78 is 5.16. The van der Waals surface area contributed by atoms with Crippen LogP contribution < -0.4 is 0 Å². The van der Waals surface area contributed by atoms with Gasteiger partial charge in [-0.2, -0.15) is 4.98 Å². The lowest BCUT2D eigenvalue weighted by molar-refractivity contribution is 0.0587. The third-order valence-electron chi connectivity index (χ3n) is 5.80. The van der Waals surface area contributed by atoms with Crippen LogP contribution >= 0.6 is 0 Å². The molecule has 0 bridgehead atoms. The molecule has 2 aromatic rings. The Morgan fingerprint density at radius 3 is 2.65 bits per heavy atom. The number of carbonyl (C=O) groups excluding carboxylic acids is 1. The molecule has 2 fully saturated rings. The summed E-state index contributed by atoms with van der Waals surface area (Å²) in [5.74, 6) is 1.44. The van der Waals surface area contributed by atoms with Crippen LogP contribution in [0.25, 0.3) is 0 Å². The molecule has 26 heavy (non-hydrogen) atoms. The molecule has 138 valence electrons. The number of hydrogen-bond donors (Lipinski definition) is 0. The molecule has 2 saturated heterocycles. The van der Waals surface area contributed by atoms with Crippen LogP contribution in [0.5, 0.6) is 0 Å². The quantitative estimate of drug-likeness (QED) is 0.823. The third kappa shape index (κ3) is 3.11. The molecule has 7 nitrogen and oxygen atoms in total. The van der Waals surface area contributed by atoms with Gasteiger partial charge in [-0.05, 0) is 50.8 Å². The van der Waals surface area contributed by atoms with E-state index in [1.165, 1.54) is 0 Å². The standard InChI is InChI=1S/C19H25N5O2/c1-13-5-4-6-15(20-13)18(25)24-9-7-19(8-10-24)11-16(23(3)12-19)17-21-14(2)26-22-17/h4-6,16H,7-12H2,1-3H3. The lowest BCUT2D eigenvalue weighted by Gasteiger charge is -2.39. The van der Waals surface area contributed by atoms with Crippen molar-refractivity contribution < 1.29 is 9.32 Å². The molecule has 1 spiro atoms. The van der Waals surface area contributed by atoms with Crippen molar-refractivity contribution in [3.05, 3.63) is 41.3 Å². The molecule has 0 radical (unpaired) electrons. The second kappa shape index (κ2) is 6.46. The average Bonchev–Trinajstić information content (AvgIpc) is 3.18. The second-order valence-corrected chi connectivity index (χ2v) is 7.76. The van der Waals surface area contributed by atoms with E-state index in [1.807, 2.05) is 30.9 Å². The van der Waals surface area contributed by atoms with Gasteiger partial charge in [0.2, 0.25) is 5.89 Å². The van der Waals surface area contributed by atoms with Gasteiger partial charge in [-0.15, -0.1) is 0 Å². The summed E-state index contributed by atoms with van der Waals surface area (Å²) in [5, 5.41) is 4.12. The maximum atomic E-state index is 12.7. The highest BCUT2D eigenvalue weighted by molar-refractivity contribution is 5.92. The Kier molecular flexibility index (Phi) is 4.26. The van der Waals surface area contributed by atoms with Gasteiger partial charge in [0.25, 0.3) is 5.91 Å². The Bertz CT molecular complexity index is 810. The fourth-order valence-electron chi connectivity index (χ4n) is 4.38. The Morgan fingerprint density at radius 1 is 1.23 bits per heavy atom. The summed E-state index contributed by atoms with van der Waals surface area (Å²) in [6, 6.07) is 5.81. The normalized spacial score (nSPS) is 22.9. The number of carbonyl (C=O) groups is 1. The number of amides is 1. The summed E-state index contributed by atoms with van der Waals surface area (Å²) >= 11 is 0. The summed E-state index contributed by atoms with van der Waals surface area (Å²) in [5.41, 5.74) is 1.65. The molecular weight excluding hydrogens is 330 g/mol. The third-order valence-corrected chi connectivity index (χ3v) is 5.80. The minimum Gasteiger partial charge on any atom is -0.340 e. The predicted molar refractivity (Wildman–Crippen MR) is 95.6 cm³/mol. The molecule has 1 atom stereocenters. The van der Waals surface area contributed by atoms with E-state index >= 15 is 0 Å². The van der Waals surface area contributed by atoms with Gasteiger partial charge in [0, 0.05) is 32.3 Å². The number of piperidine rings is 1. The van der Waals surface area contributed by atoms with Gasteiger partial charge in [0.15, 0.2) is 5.82 Å². The SMILES string of the molecule is Cc1cccc(C(=O)N2CCC3(CC2)CC(c2noc(C)n2)N(C)C3)n1. The zero-order valence-corrected chi connectivity index (χ0v) is 15.6. The number of aromatic nitrogens is 3. The van der Waals surface area contributed by atoms with Crippen LogP contribution in [0.4, 0.5) is 0 Å². The molecule has 1 unspecified atom stereocenters. The largest absolute Gasteiger partial charge is 0.340 e. The van der Waals surface area contributed by atoms with Gasteiger partial charge in [-0.3, -0.25) is 9.69 Å². The van der Waals surface area contributed by atoms with Gasteiger partial charge >= 0.3 is 0 Å².